The van der Waals surface area contributed by atoms with Gasteiger partial charge in [-0.1, -0.05) is 17.8 Å². The van der Waals surface area contributed by atoms with E-state index in [0.717, 1.165) is 11.8 Å². The zero-order valence-electron chi connectivity index (χ0n) is 11.1. The van der Waals surface area contributed by atoms with Gasteiger partial charge in [-0.15, -0.1) is 0 Å². The van der Waals surface area contributed by atoms with Crippen molar-refractivity contribution < 1.29 is 22.4 Å². The minimum atomic E-state index is -4.44. The van der Waals surface area contributed by atoms with Crippen LogP contribution in [0.25, 0.3) is 5.69 Å². The van der Waals surface area contributed by atoms with Gasteiger partial charge in [0.1, 0.15) is 12.4 Å². The van der Waals surface area contributed by atoms with Gasteiger partial charge < -0.3 is 5.32 Å². The Morgan fingerprint density at radius 1 is 1.36 bits per heavy atom. The monoisotopic (exact) mass is 333 g/mol. The summed E-state index contributed by atoms with van der Waals surface area (Å²) in [5.74, 6) is -1.40. The van der Waals surface area contributed by atoms with Crippen LogP contribution >= 0.6 is 11.8 Å². The molecule has 0 aliphatic carbocycles. The van der Waals surface area contributed by atoms with Crippen molar-refractivity contribution in [1.29, 1.82) is 0 Å². The highest BCUT2D eigenvalue weighted by Crippen LogP contribution is 2.21. The lowest BCUT2D eigenvalue weighted by molar-refractivity contribution is -0.136. The summed E-state index contributed by atoms with van der Waals surface area (Å²) in [6, 6.07) is 5.75. The van der Waals surface area contributed by atoms with E-state index in [4.69, 9.17) is 0 Å². The Labute approximate surface area is 127 Å². The topological polar surface area (TPSA) is 46.9 Å². The van der Waals surface area contributed by atoms with E-state index in [1.54, 1.807) is 22.1 Å². The van der Waals surface area contributed by atoms with Crippen LogP contribution in [0, 0.1) is 5.82 Å². The van der Waals surface area contributed by atoms with Crippen LogP contribution in [-0.4, -0.2) is 33.9 Å². The fourth-order valence-corrected chi connectivity index (χ4v) is 2.40. The molecule has 0 aliphatic heterocycles. The molecule has 1 heterocycles. The van der Waals surface area contributed by atoms with Gasteiger partial charge in [0.05, 0.1) is 11.4 Å². The highest BCUT2D eigenvalue weighted by molar-refractivity contribution is 7.99. The number of hydrogen-bond donors (Lipinski definition) is 1. The first-order chi connectivity index (χ1) is 10.3. The molecule has 9 heteroatoms. The quantitative estimate of drug-likeness (QED) is 0.676. The van der Waals surface area contributed by atoms with Gasteiger partial charge in [0.25, 0.3) is 0 Å². The Morgan fingerprint density at radius 3 is 2.82 bits per heavy atom. The molecule has 0 saturated heterocycles. The van der Waals surface area contributed by atoms with Crippen LogP contribution in [0.3, 0.4) is 0 Å². The fraction of sp³-hybridized carbons (Fsp3) is 0.231. The average Bonchev–Trinajstić information content (AvgIpc) is 2.90. The molecule has 0 aliphatic rings. The molecule has 0 radical (unpaired) electrons. The van der Waals surface area contributed by atoms with Gasteiger partial charge in [0.2, 0.25) is 5.91 Å². The van der Waals surface area contributed by atoms with Crippen molar-refractivity contribution in [3.05, 3.63) is 42.5 Å². The summed E-state index contributed by atoms with van der Waals surface area (Å²) in [4.78, 5) is 15.4. The molecule has 22 heavy (non-hydrogen) atoms. The van der Waals surface area contributed by atoms with Crippen molar-refractivity contribution in [3.63, 3.8) is 0 Å². The molecule has 0 saturated carbocycles. The zero-order chi connectivity index (χ0) is 16.2. The summed E-state index contributed by atoms with van der Waals surface area (Å²) in [6.45, 7) is -1.37. The predicted molar refractivity (Wildman–Crippen MR) is 73.3 cm³/mol. The lowest BCUT2D eigenvalue weighted by Crippen LogP contribution is -2.34. The number of imidazole rings is 1. The van der Waals surface area contributed by atoms with Gasteiger partial charge in [0.15, 0.2) is 5.16 Å². The van der Waals surface area contributed by atoms with E-state index in [1.807, 2.05) is 0 Å². The number of halogens is 4. The molecule has 118 valence electrons. The number of amides is 1. The highest BCUT2D eigenvalue weighted by Gasteiger charge is 2.27. The zero-order valence-corrected chi connectivity index (χ0v) is 11.9. The molecular formula is C13H11F4N3OS. The van der Waals surface area contributed by atoms with Crippen LogP contribution in [0.4, 0.5) is 17.6 Å². The third kappa shape index (κ3) is 4.76. The first-order valence-corrected chi connectivity index (χ1v) is 7.09. The number of carbonyl (C=O) groups is 1. The third-order valence-electron chi connectivity index (χ3n) is 2.51. The molecule has 0 unspecified atom stereocenters. The Hall–Kier alpha value is -2.03. The van der Waals surface area contributed by atoms with E-state index in [-0.39, 0.29) is 5.75 Å². The molecule has 4 nitrogen and oxygen atoms in total. The molecule has 1 aromatic heterocycles. The fourth-order valence-electron chi connectivity index (χ4n) is 1.60. The number of nitrogens with zero attached hydrogens (tertiary/aromatic N) is 2. The van der Waals surface area contributed by atoms with Crippen LogP contribution in [0.5, 0.6) is 0 Å². The standard InChI is InChI=1S/C13H11F4N3OS/c14-9-2-1-3-10(6-9)20-5-4-18-12(20)22-7-11(21)19-8-13(15,16)17/h1-6H,7-8H2,(H,19,21). The molecule has 0 atom stereocenters. The van der Waals surface area contributed by atoms with Gasteiger partial charge >= 0.3 is 6.18 Å². The molecule has 0 fully saturated rings. The maximum absolute atomic E-state index is 13.2. The molecule has 1 amide bonds. The van der Waals surface area contributed by atoms with E-state index in [0.29, 0.717) is 10.8 Å². The second-order valence-electron chi connectivity index (χ2n) is 4.24. The van der Waals surface area contributed by atoms with Crippen LogP contribution < -0.4 is 5.32 Å². The number of alkyl halides is 3. The number of aromatic nitrogens is 2. The smallest absolute Gasteiger partial charge is 0.346 e. The van der Waals surface area contributed by atoms with Gasteiger partial charge in [-0.2, -0.15) is 13.2 Å². The molecule has 1 aromatic carbocycles. The first-order valence-electron chi connectivity index (χ1n) is 6.11. The molecule has 0 spiro atoms. The number of hydrogen-bond acceptors (Lipinski definition) is 3. The number of thioether (sulfide) groups is 1. The summed E-state index contributed by atoms with van der Waals surface area (Å²) >= 11 is 0.963. The van der Waals surface area contributed by atoms with Crippen molar-refractivity contribution in [2.45, 2.75) is 11.3 Å². The average molecular weight is 333 g/mol. The van der Waals surface area contributed by atoms with E-state index in [2.05, 4.69) is 4.98 Å². The molecule has 0 bridgehead atoms. The maximum atomic E-state index is 13.2. The minimum absolute atomic E-state index is 0.220. The van der Waals surface area contributed by atoms with Crippen LogP contribution in [0.15, 0.2) is 41.8 Å². The van der Waals surface area contributed by atoms with Crippen LogP contribution in [0.1, 0.15) is 0 Å². The van der Waals surface area contributed by atoms with Gasteiger partial charge in [-0.25, -0.2) is 9.37 Å². The predicted octanol–water partition coefficient (Wildman–Crippen LogP) is 2.78. The first kappa shape index (κ1) is 16.3. The maximum Gasteiger partial charge on any atom is 0.405 e. The second kappa shape index (κ2) is 6.82. The van der Waals surface area contributed by atoms with Crippen LogP contribution in [0.2, 0.25) is 0 Å². The van der Waals surface area contributed by atoms with Crippen molar-refractivity contribution in [3.8, 4) is 5.69 Å². The lowest BCUT2D eigenvalue weighted by Gasteiger charge is -2.09. The molecule has 1 N–H and O–H groups in total. The Kier molecular flexibility index (Phi) is 5.07. The Bertz CT molecular complexity index is 657. The SMILES string of the molecule is O=C(CSc1nccn1-c1cccc(F)c1)NCC(F)(F)F. The summed E-state index contributed by atoms with van der Waals surface area (Å²) in [6.07, 6.45) is -1.41. The van der Waals surface area contributed by atoms with Gasteiger partial charge in [0, 0.05) is 12.4 Å². The number of carbonyl (C=O) groups excluding carboxylic acids is 1. The summed E-state index contributed by atoms with van der Waals surface area (Å²) in [7, 11) is 0. The molecule has 2 rings (SSSR count). The van der Waals surface area contributed by atoms with Crippen LogP contribution in [-0.2, 0) is 4.79 Å². The van der Waals surface area contributed by atoms with Crippen molar-refractivity contribution in [2.24, 2.45) is 0 Å². The van der Waals surface area contributed by atoms with Gasteiger partial charge in [-0.3, -0.25) is 9.36 Å². The highest BCUT2D eigenvalue weighted by atomic mass is 32.2. The molecular weight excluding hydrogens is 322 g/mol. The van der Waals surface area contributed by atoms with Crippen molar-refractivity contribution in [2.75, 3.05) is 12.3 Å². The van der Waals surface area contributed by atoms with Gasteiger partial charge in [-0.05, 0) is 18.2 Å². The number of benzene rings is 1. The summed E-state index contributed by atoms with van der Waals surface area (Å²) in [5, 5.41) is 2.15. The largest absolute Gasteiger partial charge is 0.405 e. The van der Waals surface area contributed by atoms with E-state index >= 15 is 0 Å². The summed E-state index contributed by atoms with van der Waals surface area (Å²) < 4.78 is 50.7. The second-order valence-corrected chi connectivity index (χ2v) is 5.18. The molecule has 2 aromatic rings. The van der Waals surface area contributed by atoms with E-state index < -0.39 is 24.4 Å². The lowest BCUT2D eigenvalue weighted by atomic mass is 10.3. The van der Waals surface area contributed by atoms with E-state index in [9.17, 15) is 22.4 Å². The minimum Gasteiger partial charge on any atom is -0.346 e. The van der Waals surface area contributed by atoms with Crippen molar-refractivity contribution >= 4 is 17.7 Å². The third-order valence-corrected chi connectivity index (χ3v) is 3.48. The van der Waals surface area contributed by atoms with Crippen molar-refractivity contribution in [1.82, 2.24) is 14.9 Å². The van der Waals surface area contributed by atoms with E-state index in [1.165, 1.54) is 24.4 Å². The number of nitrogens with one attached hydrogen (secondary N) is 1. The Morgan fingerprint density at radius 2 is 2.14 bits per heavy atom. The number of rotatable bonds is 5. The normalized spacial score (nSPS) is 11.5. The summed E-state index contributed by atoms with van der Waals surface area (Å²) in [5.41, 5.74) is 0.510. The Balaban J connectivity index is 1.98.